The fourth-order valence-electron chi connectivity index (χ4n) is 5.15. The Bertz CT molecular complexity index is 1190. The summed E-state index contributed by atoms with van der Waals surface area (Å²) >= 11 is 6.37. The van der Waals surface area contributed by atoms with Gasteiger partial charge in [-0.15, -0.1) is 10.2 Å². The van der Waals surface area contributed by atoms with E-state index in [2.05, 4.69) is 32.5 Å². The molecule has 2 saturated heterocycles. The molecule has 2 aromatic heterocycles. The van der Waals surface area contributed by atoms with Gasteiger partial charge in [0.05, 0.1) is 11.6 Å². The molecule has 3 fully saturated rings. The fourth-order valence-corrected chi connectivity index (χ4v) is 5.35. The molecule has 1 aliphatic carbocycles. The quantitative estimate of drug-likeness (QED) is 0.608. The highest BCUT2D eigenvalue weighted by Gasteiger charge is 2.62. The maximum absolute atomic E-state index is 13.5. The van der Waals surface area contributed by atoms with Crippen LogP contribution in [0, 0.1) is 5.92 Å². The van der Waals surface area contributed by atoms with Crippen molar-refractivity contribution >= 4 is 23.3 Å². The van der Waals surface area contributed by atoms with Crippen LogP contribution in [0.2, 0.25) is 5.02 Å². The van der Waals surface area contributed by atoms with Gasteiger partial charge in [-0.05, 0) is 51.1 Å². The third-order valence-corrected chi connectivity index (χ3v) is 6.68. The summed E-state index contributed by atoms with van der Waals surface area (Å²) < 4.78 is 7.64. The monoisotopic (exact) mass is 470 g/mol. The number of rotatable bonds is 5. The Kier molecular flexibility index (Phi) is 5.37. The van der Waals surface area contributed by atoms with Gasteiger partial charge in [0.25, 0.3) is 0 Å². The van der Waals surface area contributed by atoms with Gasteiger partial charge in [-0.2, -0.15) is 5.10 Å². The third-order valence-electron chi connectivity index (χ3n) is 6.35. The van der Waals surface area contributed by atoms with Gasteiger partial charge in [-0.3, -0.25) is 4.68 Å². The number of piperidine rings is 1. The maximum atomic E-state index is 13.5. The number of nitrogens with one attached hydrogen (secondary N) is 1. The number of anilines is 1. The molecule has 4 heterocycles. The zero-order valence-electron chi connectivity index (χ0n) is 19.1. The minimum Gasteiger partial charge on any atom is -0.421 e. The van der Waals surface area contributed by atoms with Crippen LogP contribution in [0.15, 0.2) is 28.9 Å². The molecule has 10 nitrogen and oxygen atoms in total. The number of amides is 2. The fraction of sp³-hybridized carbons (Fsp3) is 0.500. The lowest BCUT2D eigenvalue weighted by atomic mass is 9.64. The SMILES string of the molecule is CC1CC2CC(c3nnc(CN(C)C)o3)(C1)N2C(=O)Nc1ccc(Cl)c(-c2ncn(C)n2)c1. The Labute approximate surface area is 196 Å². The summed E-state index contributed by atoms with van der Waals surface area (Å²) in [6.45, 7) is 2.77. The van der Waals surface area contributed by atoms with Crippen molar-refractivity contribution in [3.8, 4) is 11.4 Å². The van der Waals surface area contributed by atoms with Gasteiger partial charge in [0.1, 0.15) is 11.9 Å². The zero-order chi connectivity index (χ0) is 23.3. The van der Waals surface area contributed by atoms with Gasteiger partial charge >= 0.3 is 6.03 Å². The molecule has 174 valence electrons. The van der Waals surface area contributed by atoms with Crippen molar-refractivity contribution in [3.05, 3.63) is 41.3 Å². The summed E-state index contributed by atoms with van der Waals surface area (Å²) in [5.74, 6) is 2.04. The molecule has 1 aromatic carbocycles. The number of carbonyl (C=O) groups is 1. The van der Waals surface area contributed by atoms with E-state index in [1.165, 1.54) is 0 Å². The van der Waals surface area contributed by atoms with Crippen LogP contribution in [0.5, 0.6) is 0 Å². The lowest BCUT2D eigenvalue weighted by Gasteiger charge is -2.61. The van der Waals surface area contributed by atoms with E-state index in [1.54, 1.807) is 36.3 Å². The Hall–Kier alpha value is -2.98. The normalized spacial score (nSPS) is 24.1. The first kappa shape index (κ1) is 21.8. The van der Waals surface area contributed by atoms with Crippen LogP contribution in [0.1, 0.15) is 38.0 Å². The Morgan fingerprint density at radius 3 is 2.88 bits per heavy atom. The number of aromatic nitrogens is 5. The average Bonchev–Trinajstić information content (AvgIpc) is 3.37. The van der Waals surface area contributed by atoms with E-state index < -0.39 is 5.54 Å². The summed E-state index contributed by atoms with van der Waals surface area (Å²) in [6, 6.07) is 5.26. The van der Waals surface area contributed by atoms with Gasteiger partial charge < -0.3 is 19.5 Å². The van der Waals surface area contributed by atoms with E-state index in [9.17, 15) is 4.79 Å². The summed E-state index contributed by atoms with van der Waals surface area (Å²) in [6.07, 6.45) is 4.19. The number of urea groups is 1. The summed E-state index contributed by atoms with van der Waals surface area (Å²) in [5.41, 5.74) is 0.716. The van der Waals surface area contributed by atoms with Crippen molar-refractivity contribution in [2.75, 3.05) is 19.4 Å². The molecule has 2 aliphatic heterocycles. The van der Waals surface area contributed by atoms with Crippen LogP contribution in [0.4, 0.5) is 10.5 Å². The standard InChI is InChI=1S/C22H27ClN8O2/c1-13-7-15-10-22(9-13,20-27-26-18(33-20)11-29(2)3)31(15)21(32)25-14-5-6-17(23)16(8-14)19-24-12-30(4)28-19/h5-6,8,12-13,15H,7,9-11H2,1-4H3,(H,25,32). The van der Waals surface area contributed by atoms with Crippen LogP contribution in [0.25, 0.3) is 11.4 Å². The highest BCUT2D eigenvalue weighted by Crippen LogP contribution is 2.55. The Morgan fingerprint density at radius 2 is 2.15 bits per heavy atom. The molecule has 3 atom stereocenters. The van der Waals surface area contributed by atoms with Crippen LogP contribution in [-0.4, -0.2) is 60.9 Å². The molecular weight excluding hydrogens is 444 g/mol. The first-order chi connectivity index (χ1) is 15.7. The summed E-state index contributed by atoms with van der Waals surface area (Å²) in [4.78, 5) is 21.6. The predicted molar refractivity (Wildman–Crippen MR) is 122 cm³/mol. The van der Waals surface area contributed by atoms with E-state index in [0.717, 1.165) is 19.3 Å². The number of fused-ring (bicyclic) bond motifs is 2. The van der Waals surface area contributed by atoms with Crippen molar-refractivity contribution in [2.24, 2.45) is 13.0 Å². The molecule has 6 rings (SSSR count). The second-order valence-electron chi connectivity index (χ2n) is 9.41. The van der Waals surface area contributed by atoms with Gasteiger partial charge in [-0.1, -0.05) is 18.5 Å². The summed E-state index contributed by atoms with van der Waals surface area (Å²) in [7, 11) is 5.69. The largest absolute Gasteiger partial charge is 0.421 e. The summed E-state index contributed by atoms with van der Waals surface area (Å²) in [5, 5.41) is 16.4. The second kappa shape index (κ2) is 8.11. The smallest absolute Gasteiger partial charge is 0.323 e. The number of hydrogen-bond donors (Lipinski definition) is 1. The van der Waals surface area contributed by atoms with Crippen molar-refractivity contribution in [3.63, 3.8) is 0 Å². The van der Waals surface area contributed by atoms with Crippen molar-refractivity contribution in [1.29, 1.82) is 0 Å². The molecule has 0 radical (unpaired) electrons. The average molecular weight is 471 g/mol. The molecule has 11 heteroatoms. The van der Waals surface area contributed by atoms with Crippen molar-refractivity contribution in [2.45, 2.75) is 44.3 Å². The third kappa shape index (κ3) is 3.87. The first-order valence-corrected chi connectivity index (χ1v) is 11.4. The molecule has 2 amide bonds. The lowest BCUT2D eigenvalue weighted by molar-refractivity contribution is -0.110. The van der Waals surface area contributed by atoms with Gasteiger partial charge in [0.2, 0.25) is 11.8 Å². The highest BCUT2D eigenvalue weighted by molar-refractivity contribution is 6.33. The number of halogens is 1. The topological polar surface area (TPSA) is 105 Å². The molecule has 33 heavy (non-hydrogen) atoms. The second-order valence-corrected chi connectivity index (χ2v) is 9.82. The predicted octanol–water partition coefficient (Wildman–Crippen LogP) is 3.51. The van der Waals surface area contributed by atoms with Gasteiger partial charge in [0.15, 0.2) is 5.82 Å². The van der Waals surface area contributed by atoms with Gasteiger partial charge in [0, 0.05) is 30.8 Å². The van der Waals surface area contributed by atoms with E-state index in [0.29, 0.717) is 46.3 Å². The Morgan fingerprint density at radius 1 is 1.33 bits per heavy atom. The van der Waals surface area contributed by atoms with Crippen molar-refractivity contribution in [1.82, 2.24) is 34.8 Å². The number of aryl methyl sites for hydroxylation is 1. The maximum Gasteiger partial charge on any atom is 0.323 e. The Balaban J connectivity index is 1.40. The number of benzene rings is 1. The molecule has 3 aromatic rings. The van der Waals surface area contributed by atoms with Crippen LogP contribution in [0.3, 0.4) is 0 Å². The van der Waals surface area contributed by atoms with Crippen LogP contribution >= 0.6 is 11.6 Å². The highest BCUT2D eigenvalue weighted by atomic mass is 35.5. The van der Waals surface area contributed by atoms with E-state index in [1.807, 2.05) is 23.9 Å². The van der Waals surface area contributed by atoms with Gasteiger partial charge in [-0.25, -0.2) is 9.78 Å². The minimum absolute atomic E-state index is 0.141. The lowest BCUT2D eigenvalue weighted by Crippen LogP contribution is -2.70. The number of carbonyl (C=O) groups excluding carboxylic acids is 1. The zero-order valence-corrected chi connectivity index (χ0v) is 19.9. The molecule has 3 unspecified atom stereocenters. The van der Waals surface area contributed by atoms with E-state index in [-0.39, 0.29) is 12.1 Å². The van der Waals surface area contributed by atoms with E-state index >= 15 is 0 Å². The molecular formula is C22H27ClN8O2. The number of hydrogen-bond acceptors (Lipinski definition) is 7. The van der Waals surface area contributed by atoms with Crippen LogP contribution in [-0.2, 0) is 19.1 Å². The first-order valence-electron chi connectivity index (χ1n) is 11.0. The molecule has 2 bridgehead atoms. The molecule has 0 spiro atoms. The molecule has 3 aliphatic rings. The van der Waals surface area contributed by atoms with Crippen LogP contribution < -0.4 is 5.32 Å². The van der Waals surface area contributed by atoms with E-state index in [4.69, 9.17) is 16.0 Å². The molecule has 1 N–H and O–H groups in total. The number of nitrogens with zero attached hydrogens (tertiary/aromatic N) is 7. The minimum atomic E-state index is -0.568. The van der Waals surface area contributed by atoms with Crippen molar-refractivity contribution < 1.29 is 9.21 Å². The molecule has 1 saturated carbocycles.